The Kier molecular flexibility index (Phi) is 6.28. The number of nitrogens with zero attached hydrogens (tertiary/aromatic N) is 3. The molecule has 0 spiro atoms. The number of aromatic nitrogens is 2. The van der Waals surface area contributed by atoms with Gasteiger partial charge in [-0.05, 0) is 43.5 Å². The summed E-state index contributed by atoms with van der Waals surface area (Å²) < 4.78 is 40.1. The van der Waals surface area contributed by atoms with Crippen LogP contribution in [0.15, 0.2) is 29.3 Å². The zero-order valence-electron chi connectivity index (χ0n) is 15.4. The zero-order valence-corrected chi connectivity index (χ0v) is 15.4. The summed E-state index contributed by atoms with van der Waals surface area (Å²) in [5, 5.41) is 10.6. The van der Waals surface area contributed by atoms with Crippen LogP contribution in [0.1, 0.15) is 28.1 Å². The summed E-state index contributed by atoms with van der Waals surface area (Å²) in [5.74, 6) is 0.543. The smallest absolute Gasteiger partial charge is 0.356 e. The zero-order chi connectivity index (χ0) is 19.3. The molecule has 0 unspecified atom stereocenters. The van der Waals surface area contributed by atoms with Gasteiger partial charge in [0, 0.05) is 32.9 Å². The number of aryl methyl sites for hydroxylation is 2. The maximum Gasteiger partial charge on any atom is 0.416 e. The molecular weight excluding hydrogens is 343 g/mol. The van der Waals surface area contributed by atoms with Gasteiger partial charge in [0.15, 0.2) is 5.96 Å². The van der Waals surface area contributed by atoms with Crippen LogP contribution in [0.25, 0.3) is 0 Å². The van der Waals surface area contributed by atoms with Gasteiger partial charge in [0.2, 0.25) is 0 Å². The molecule has 0 radical (unpaired) electrons. The molecule has 1 heterocycles. The molecule has 0 saturated heterocycles. The van der Waals surface area contributed by atoms with E-state index >= 15 is 0 Å². The predicted molar refractivity (Wildman–Crippen MR) is 96.0 cm³/mol. The highest BCUT2D eigenvalue weighted by Gasteiger charge is 2.30. The van der Waals surface area contributed by atoms with Gasteiger partial charge in [0.1, 0.15) is 0 Å². The van der Waals surface area contributed by atoms with Crippen LogP contribution in [0.5, 0.6) is 0 Å². The fourth-order valence-electron chi connectivity index (χ4n) is 2.75. The first-order chi connectivity index (χ1) is 12.2. The lowest BCUT2D eigenvalue weighted by molar-refractivity contribution is -0.137. The van der Waals surface area contributed by atoms with Crippen molar-refractivity contribution in [3.8, 4) is 0 Å². The van der Waals surface area contributed by atoms with Crippen molar-refractivity contribution < 1.29 is 13.2 Å². The van der Waals surface area contributed by atoms with E-state index in [9.17, 15) is 13.2 Å². The number of alkyl halides is 3. The summed E-state index contributed by atoms with van der Waals surface area (Å²) in [6, 6.07) is 5.26. The van der Waals surface area contributed by atoms with Crippen molar-refractivity contribution >= 4 is 5.96 Å². The molecule has 0 fully saturated rings. The lowest BCUT2D eigenvalue weighted by atomic mass is 10.1. The Morgan fingerprint density at radius 2 is 1.96 bits per heavy atom. The van der Waals surface area contributed by atoms with Gasteiger partial charge in [-0.1, -0.05) is 12.1 Å². The number of guanidine groups is 1. The molecule has 2 aromatic rings. The number of halogens is 3. The van der Waals surface area contributed by atoms with Crippen LogP contribution in [-0.2, 0) is 26.2 Å². The van der Waals surface area contributed by atoms with E-state index in [1.54, 1.807) is 13.1 Å². The molecule has 8 heteroatoms. The lowest BCUT2D eigenvalue weighted by Crippen LogP contribution is -2.38. The van der Waals surface area contributed by atoms with Crippen molar-refractivity contribution in [3.63, 3.8) is 0 Å². The fraction of sp³-hybridized carbons (Fsp3) is 0.444. The molecule has 5 nitrogen and oxygen atoms in total. The second kappa shape index (κ2) is 8.25. The molecule has 0 saturated carbocycles. The molecule has 1 aromatic heterocycles. The van der Waals surface area contributed by atoms with Crippen LogP contribution in [0.3, 0.4) is 0 Å². The van der Waals surface area contributed by atoms with Crippen LogP contribution in [-0.4, -0.2) is 29.3 Å². The average Bonchev–Trinajstić information content (AvgIpc) is 2.83. The van der Waals surface area contributed by atoms with Crippen LogP contribution in [0.2, 0.25) is 0 Å². The molecule has 2 rings (SSSR count). The highest BCUT2D eigenvalue weighted by molar-refractivity contribution is 5.79. The topological polar surface area (TPSA) is 54.2 Å². The Bertz CT molecular complexity index is 778. The van der Waals surface area contributed by atoms with E-state index in [0.717, 1.165) is 29.9 Å². The van der Waals surface area contributed by atoms with Crippen molar-refractivity contribution in [2.24, 2.45) is 12.0 Å². The van der Waals surface area contributed by atoms with Gasteiger partial charge in [-0.15, -0.1) is 0 Å². The van der Waals surface area contributed by atoms with E-state index in [0.29, 0.717) is 18.1 Å². The largest absolute Gasteiger partial charge is 0.416 e. The molecule has 1 aromatic carbocycles. The first-order valence-corrected chi connectivity index (χ1v) is 8.32. The number of benzene rings is 1. The maximum absolute atomic E-state index is 12.8. The molecule has 0 aliphatic carbocycles. The van der Waals surface area contributed by atoms with Gasteiger partial charge in [0.25, 0.3) is 0 Å². The van der Waals surface area contributed by atoms with E-state index in [2.05, 4.69) is 20.7 Å². The number of hydrogen-bond acceptors (Lipinski definition) is 2. The summed E-state index contributed by atoms with van der Waals surface area (Å²) in [7, 11) is 3.54. The van der Waals surface area contributed by atoms with Crippen molar-refractivity contribution in [2.45, 2.75) is 33.0 Å². The normalized spacial score (nSPS) is 12.3. The van der Waals surface area contributed by atoms with Gasteiger partial charge < -0.3 is 10.6 Å². The average molecular weight is 367 g/mol. The van der Waals surface area contributed by atoms with Gasteiger partial charge >= 0.3 is 6.18 Å². The maximum atomic E-state index is 12.8. The standard InChI is InChI=1S/C18H24F3N5/c1-12-16(13(2)26(4)25-12)8-9-23-17(22-3)24-11-14-6-5-7-15(10-14)18(19,20)21/h5-7,10H,8-9,11H2,1-4H3,(H2,22,23,24). The Labute approximate surface area is 151 Å². The third-order valence-electron chi connectivity index (χ3n) is 4.26. The van der Waals surface area contributed by atoms with Crippen LogP contribution < -0.4 is 10.6 Å². The minimum Gasteiger partial charge on any atom is -0.356 e. The Morgan fingerprint density at radius 3 is 2.54 bits per heavy atom. The summed E-state index contributed by atoms with van der Waals surface area (Å²) in [6.45, 7) is 4.91. The van der Waals surface area contributed by atoms with Gasteiger partial charge in [-0.3, -0.25) is 9.67 Å². The molecule has 0 bridgehead atoms. The van der Waals surface area contributed by atoms with Crippen LogP contribution >= 0.6 is 0 Å². The van der Waals surface area contributed by atoms with Gasteiger partial charge in [0.05, 0.1) is 11.3 Å². The number of hydrogen-bond donors (Lipinski definition) is 2. The summed E-state index contributed by atoms with van der Waals surface area (Å²) >= 11 is 0. The van der Waals surface area contributed by atoms with Crippen molar-refractivity contribution in [3.05, 3.63) is 52.3 Å². The molecule has 0 amide bonds. The highest BCUT2D eigenvalue weighted by atomic mass is 19.4. The van der Waals surface area contributed by atoms with Crippen molar-refractivity contribution in [2.75, 3.05) is 13.6 Å². The Morgan fingerprint density at radius 1 is 1.23 bits per heavy atom. The first kappa shape index (κ1) is 19.8. The second-order valence-electron chi connectivity index (χ2n) is 6.07. The molecule has 26 heavy (non-hydrogen) atoms. The number of aliphatic imine (C=N–C) groups is 1. The summed E-state index contributed by atoms with van der Waals surface area (Å²) in [6.07, 6.45) is -3.55. The highest BCUT2D eigenvalue weighted by Crippen LogP contribution is 2.29. The fourth-order valence-corrected chi connectivity index (χ4v) is 2.75. The first-order valence-electron chi connectivity index (χ1n) is 8.32. The van der Waals surface area contributed by atoms with E-state index in [1.807, 2.05) is 25.6 Å². The summed E-state index contributed by atoms with van der Waals surface area (Å²) in [4.78, 5) is 4.11. The molecular formula is C18H24F3N5. The van der Waals surface area contributed by atoms with E-state index < -0.39 is 11.7 Å². The van der Waals surface area contributed by atoms with Crippen LogP contribution in [0, 0.1) is 13.8 Å². The monoisotopic (exact) mass is 367 g/mol. The van der Waals surface area contributed by atoms with Crippen molar-refractivity contribution in [1.29, 1.82) is 0 Å². The lowest BCUT2D eigenvalue weighted by Gasteiger charge is -2.13. The second-order valence-corrected chi connectivity index (χ2v) is 6.07. The molecule has 0 atom stereocenters. The van der Waals surface area contributed by atoms with Gasteiger partial charge in [-0.2, -0.15) is 18.3 Å². The third-order valence-corrected chi connectivity index (χ3v) is 4.26. The van der Waals surface area contributed by atoms with E-state index in [-0.39, 0.29) is 6.54 Å². The number of nitrogens with one attached hydrogen (secondary N) is 2. The Balaban J connectivity index is 1.88. The molecule has 142 valence electrons. The third kappa shape index (κ3) is 5.00. The van der Waals surface area contributed by atoms with E-state index in [1.165, 1.54) is 11.6 Å². The van der Waals surface area contributed by atoms with Crippen molar-refractivity contribution in [1.82, 2.24) is 20.4 Å². The predicted octanol–water partition coefficient (Wildman–Crippen LogP) is 2.96. The molecule has 2 N–H and O–H groups in total. The number of rotatable bonds is 5. The van der Waals surface area contributed by atoms with Gasteiger partial charge in [-0.25, -0.2) is 0 Å². The van der Waals surface area contributed by atoms with Crippen LogP contribution in [0.4, 0.5) is 13.2 Å². The minimum absolute atomic E-state index is 0.258. The SMILES string of the molecule is CN=C(NCCc1c(C)nn(C)c1C)NCc1cccc(C(F)(F)F)c1. The summed E-state index contributed by atoms with van der Waals surface area (Å²) in [5.41, 5.74) is 3.20. The minimum atomic E-state index is -4.34. The molecule has 0 aliphatic rings. The Hall–Kier alpha value is -2.51. The van der Waals surface area contributed by atoms with E-state index in [4.69, 9.17) is 0 Å². The molecule has 0 aliphatic heterocycles. The quantitative estimate of drug-likeness (QED) is 0.631.